The summed E-state index contributed by atoms with van der Waals surface area (Å²) in [6.07, 6.45) is 4.18. The molecular formula is C24H27N3O3S. The third-order valence-corrected chi connectivity index (χ3v) is 6.76. The van der Waals surface area contributed by atoms with Gasteiger partial charge in [0.05, 0.1) is 10.6 Å². The van der Waals surface area contributed by atoms with E-state index >= 15 is 0 Å². The highest BCUT2D eigenvalue weighted by Crippen LogP contribution is 2.31. The molecule has 3 aromatic rings. The molecule has 6 nitrogen and oxygen atoms in total. The number of thiazole rings is 1. The molecule has 7 heteroatoms. The Morgan fingerprint density at radius 1 is 1.23 bits per heavy atom. The van der Waals surface area contributed by atoms with E-state index in [1.54, 1.807) is 28.4 Å². The van der Waals surface area contributed by atoms with Crippen LogP contribution in [-0.2, 0) is 11.2 Å². The second kappa shape index (κ2) is 9.47. The van der Waals surface area contributed by atoms with Crippen LogP contribution in [-0.4, -0.2) is 45.9 Å². The summed E-state index contributed by atoms with van der Waals surface area (Å²) in [6.45, 7) is 3.10. The normalized spacial score (nSPS) is 16.0. The van der Waals surface area contributed by atoms with Gasteiger partial charge in [0.25, 0.3) is 5.91 Å². The van der Waals surface area contributed by atoms with E-state index in [-0.39, 0.29) is 23.1 Å². The van der Waals surface area contributed by atoms with E-state index in [1.807, 2.05) is 31.2 Å². The first-order valence-corrected chi connectivity index (χ1v) is 11.6. The number of fused-ring (bicyclic) bond motifs is 1. The van der Waals surface area contributed by atoms with Gasteiger partial charge in [-0.25, -0.2) is 4.98 Å². The van der Waals surface area contributed by atoms with Crippen molar-refractivity contribution < 1.29 is 14.7 Å². The van der Waals surface area contributed by atoms with Crippen LogP contribution in [0.15, 0.2) is 41.8 Å². The average Bonchev–Trinajstić information content (AvgIpc) is 3.42. The van der Waals surface area contributed by atoms with Crippen molar-refractivity contribution in [2.45, 2.75) is 45.1 Å². The van der Waals surface area contributed by atoms with Crippen LogP contribution in [0, 0.1) is 6.92 Å². The highest BCUT2D eigenvalue weighted by atomic mass is 32.1. The summed E-state index contributed by atoms with van der Waals surface area (Å²) in [5.74, 6) is -0.428. The molecule has 1 aromatic heterocycles. The second-order valence-electron chi connectivity index (χ2n) is 7.97. The number of aryl methyl sites for hydroxylation is 2. The predicted molar refractivity (Wildman–Crippen MR) is 122 cm³/mol. The number of carbonyl (C=O) groups excluding carboxylic acids is 2. The number of rotatable bonds is 7. The van der Waals surface area contributed by atoms with Crippen LogP contribution >= 0.6 is 11.3 Å². The standard InChI is InChI=1S/C24H27N3O3S/c1-16-15-31-21(26-16)10-4-5-13-25-23(29)20-9-6-14-27(20)24(30)19-12-11-17-7-2-3-8-18(17)22(19)28/h2-3,7-8,11-12,15,20,28H,4-6,9-10,13-14H2,1H3,(H,25,29). The lowest BCUT2D eigenvalue weighted by Crippen LogP contribution is -2.46. The number of aromatic hydroxyl groups is 1. The van der Waals surface area contributed by atoms with Crippen LogP contribution in [0.1, 0.15) is 46.7 Å². The number of amides is 2. The van der Waals surface area contributed by atoms with Crippen molar-refractivity contribution in [3.63, 3.8) is 0 Å². The van der Waals surface area contributed by atoms with Crippen LogP contribution in [0.2, 0.25) is 0 Å². The molecule has 2 heterocycles. The first kappa shape index (κ1) is 21.3. The van der Waals surface area contributed by atoms with Crippen molar-refractivity contribution in [2.24, 2.45) is 0 Å². The van der Waals surface area contributed by atoms with E-state index < -0.39 is 6.04 Å². The predicted octanol–water partition coefficient (Wildman–Crippen LogP) is 4.05. The number of nitrogens with zero attached hydrogens (tertiary/aromatic N) is 2. The lowest BCUT2D eigenvalue weighted by atomic mass is 10.0. The fourth-order valence-corrected chi connectivity index (χ4v) is 4.93. The lowest BCUT2D eigenvalue weighted by Gasteiger charge is -2.24. The molecule has 0 spiro atoms. The summed E-state index contributed by atoms with van der Waals surface area (Å²) in [5, 5.41) is 18.3. The monoisotopic (exact) mass is 437 g/mol. The van der Waals surface area contributed by atoms with E-state index in [1.165, 1.54) is 0 Å². The minimum Gasteiger partial charge on any atom is -0.506 e. The van der Waals surface area contributed by atoms with Gasteiger partial charge in [-0.05, 0) is 50.5 Å². The zero-order valence-electron chi connectivity index (χ0n) is 17.6. The molecule has 0 saturated carbocycles. The number of unbranched alkanes of at least 4 members (excludes halogenated alkanes) is 1. The van der Waals surface area contributed by atoms with E-state index in [2.05, 4.69) is 15.7 Å². The van der Waals surface area contributed by atoms with Crippen LogP contribution in [0.5, 0.6) is 5.75 Å². The molecular weight excluding hydrogens is 410 g/mol. The summed E-state index contributed by atoms with van der Waals surface area (Å²) in [7, 11) is 0. The molecule has 0 aliphatic carbocycles. The van der Waals surface area contributed by atoms with Crippen molar-refractivity contribution in [2.75, 3.05) is 13.1 Å². The molecule has 1 unspecified atom stereocenters. The molecule has 1 saturated heterocycles. The summed E-state index contributed by atoms with van der Waals surface area (Å²) < 4.78 is 0. The van der Waals surface area contributed by atoms with Gasteiger partial charge in [-0.1, -0.05) is 30.3 Å². The molecule has 1 atom stereocenters. The van der Waals surface area contributed by atoms with Crippen LogP contribution < -0.4 is 5.32 Å². The zero-order valence-corrected chi connectivity index (χ0v) is 18.5. The maximum absolute atomic E-state index is 13.1. The van der Waals surface area contributed by atoms with Gasteiger partial charge >= 0.3 is 0 Å². The number of hydrogen-bond donors (Lipinski definition) is 2. The Morgan fingerprint density at radius 2 is 2.06 bits per heavy atom. The molecule has 2 aromatic carbocycles. The molecule has 2 amide bonds. The van der Waals surface area contributed by atoms with E-state index in [0.29, 0.717) is 24.9 Å². The first-order chi connectivity index (χ1) is 15.0. The summed E-state index contributed by atoms with van der Waals surface area (Å²) >= 11 is 1.67. The number of benzene rings is 2. The largest absolute Gasteiger partial charge is 0.506 e. The topological polar surface area (TPSA) is 82.5 Å². The smallest absolute Gasteiger partial charge is 0.258 e. The van der Waals surface area contributed by atoms with Gasteiger partial charge in [0.15, 0.2) is 0 Å². The third kappa shape index (κ3) is 4.71. The molecule has 0 bridgehead atoms. The van der Waals surface area contributed by atoms with Crippen LogP contribution in [0.3, 0.4) is 0 Å². The number of aromatic nitrogens is 1. The second-order valence-corrected chi connectivity index (χ2v) is 8.91. The Labute approximate surface area is 185 Å². The molecule has 1 aliphatic heterocycles. The Balaban J connectivity index is 1.34. The fourth-order valence-electron chi connectivity index (χ4n) is 4.11. The maximum Gasteiger partial charge on any atom is 0.258 e. The van der Waals surface area contributed by atoms with Gasteiger partial charge in [-0.3, -0.25) is 9.59 Å². The number of likely N-dealkylation sites (tertiary alicyclic amines) is 1. The van der Waals surface area contributed by atoms with Gasteiger partial charge in [-0.2, -0.15) is 0 Å². The molecule has 2 N–H and O–H groups in total. The molecule has 4 rings (SSSR count). The molecule has 1 fully saturated rings. The maximum atomic E-state index is 13.1. The number of hydrogen-bond acceptors (Lipinski definition) is 5. The number of phenols is 1. The van der Waals surface area contributed by atoms with E-state index in [0.717, 1.165) is 41.8 Å². The molecule has 31 heavy (non-hydrogen) atoms. The number of carbonyl (C=O) groups is 2. The Morgan fingerprint density at radius 3 is 2.87 bits per heavy atom. The van der Waals surface area contributed by atoms with Crippen LogP contribution in [0.25, 0.3) is 10.8 Å². The van der Waals surface area contributed by atoms with Gasteiger partial charge in [0.2, 0.25) is 5.91 Å². The van der Waals surface area contributed by atoms with Crippen molar-refractivity contribution >= 4 is 33.9 Å². The summed E-state index contributed by atoms with van der Waals surface area (Å²) in [5.41, 5.74) is 1.30. The van der Waals surface area contributed by atoms with Crippen LogP contribution in [0.4, 0.5) is 0 Å². The van der Waals surface area contributed by atoms with Crippen molar-refractivity contribution in [3.05, 3.63) is 58.0 Å². The number of phenolic OH excluding ortho intramolecular Hbond substituents is 1. The Bertz CT molecular complexity index is 1090. The fraction of sp³-hybridized carbons (Fsp3) is 0.375. The molecule has 1 aliphatic rings. The summed E-state index contributed by atoms with van der Waals surface area (Å²) in [6, 6.07) is 10.4. The number of nitrogens with one attached hydrogen (secondary N) is 1. The van der Waals surface area contributed by atoms with Crippen molar-refractivity contribution in [1.82, 2.24) is 15.2 Å². The van der Waals surface area contributed by atoms with Crippen molar-refractivity contribution in [3.8, 4) is 5.75 Å². The molecule has 162 valence electrons. The minimum atomic E-state index is -0.486. The van der Waals surface area contributed by atoms with E-state index in [9.17, 15) is 14.7 Å². The Hall–Kier alpha value is -2.93. The van der Waals surface area contributed by atoms with Gasteiger partial charge in [0, 0.05) is 29.5 Å². The van der Waals surface area contributed by atoms with Gasteiger partial charge in [-0.15, -0.1) is 11.3 Å². The minimum absolute atomic E-state index is 0.0217. The highest BCUT2D eigenvalue weighted by Gasteiger charge is 2.35. The third-order valence-electron chi connectivity index (χ3n) is 5.73. The van der Waals surface area contributed by atoms with Gasteiger partial charge < -0.3 is 15.3 Å². The summed E-state index contributed by atoms with van der Waals surface area (Å²) in [4.78, 5) is 31.9. The average molecular weight is 438 g/mol. The first-order valence-electron chi connectivity index (χ1n) is 10.7. The zero-order chi connectivity index (χ0) is 21.8. The SMILES string of the molecule is Cc1csc(CCCCNC(=O)C2CCCN2C(=O)c2ccc3ccccc3c2O)n1. The van der Waals surface area contributed by atoms with Crippen molar-refractivity contribution in [1.29, 1.82) is 0 Å². The molecule has 0 radical (unpaired) electrons. The van der Waals surface area contributed by atoms with E-state index in [4.69, 9.17) is 0 Å². The Kier molecular flexibility index (Phi) is 6.51. The van der Waals surface area contributed by atoms with Gasteiger partial charge in [0.1, 0.15) is 11.8 Å². The quantitative estimate of drug-likeness (QED) is 0.546. The highest BCUT2D eigenvalue weighted by molar-refractivity contribution is 7.09. The lowest BCUT2D eigenvalue weighted by molar-refractivity contribution is -0.124.